The van der Waals surface area contributed by atoms with E-state index in [0.29, 0.717) is 24.0 Å². The van der Waals surface area contributed by atoms with Gasteiger partial charge in [0.05, 0.1) is 6.04 Å². The predicted octanol–water partition coefficient (Wildman–Crippen LogP) is 1.36. The monoisotopic (exact) mass is 277 g/mol. The van der Waals surface area contributed by atoms with Crippen LogP contribution in [0.4, 0.5) is 0 Å². The second-order valence-electron chi connectivity index (χ2n) is 7.12. The number of rotatable bonds is 3. The van der Waals surface area contributed by atoms with Crippen LogP contribution in [0.1, 0.15) is 51.4 Å². The molecule has 4 rings (SSSR count). The van der Waals surface area contributed by atoms with Gasteiger partial charge in [-0.15, -0.1) is 0 Å². The van der Waals surface area contributed by atoms with Crippen molar-refractivity contribution in [3.8, 4) is 0 Å². The molecule has 1 aliphatic carbocycles. The Bertz CT molecular complexity index is 382. The van der Waals surface area contributed by atoms with Crippen molar-refractivity contribution < 1.29 is 4.79 Å². The summed E-state index contributed by atoms with van der Waals surface area (Å²) in [5, 5.41) is 3.56. The molecule has 3 unspecified atom stereocenters. The number of hydrogen-bond acceptors (Lipinski definition) is 3. The normalized spacial score (nSPS) is 39.1. The lowest BCUT2D eigenvalue weighted by atomic mass is 9.94. The fourth-order valence-corrected chi connectivity index (χ4v) is 4.50. The predicted molar refractivity (Wildman–Crippen MR) is 78.5 cm³/mol. The Morgan fingerprint density at radius 3 is 2.60 bits per heavy atom. The molecule has 0 radical (unpaired) electrons. The van der Waals surface area contributed by atoms with Crippen molar-refractivity contribution in [1.82, 2.24) is 15.1 Å². The van der Waals surface area contributed by atoms with Gasteiger partial charge in [-0.05, 0) is 51.5 Å². The molecule has 0 aromatic heterocycles. The molecule has 4 fully saturated rings. The Morgan fingerprint density at radius 1 is 0.850 bits per heavy atom. The maximum Gasteiger partial charge on any atom is 0.240 e. The van der Waals surface area contributed by atoms with Crippen LogP contribution in [0, 0.1) is 0 Å². The molecule has 4 aliphatic rings. The highest BCUT2D eigenvalue weighted by molar-refractivity contribution is 5.83. The van der Waals surface area contributed by atoms with Crippen molar-refractivity contribution >= 4 is 5.91 Å². The molecule has 1 amide bonds. The van der Waals surface area contributed by atoms with Crippen LogP contribution in [0.25, 0.3) is 0 Å². The van der Waals surface area contributed by atoms with Crippen LogP contribution in [0.5, 0.6) is 0 Å². The zero-order valence-electron chi connectivity index (χ0n) is 12.4. The first-order valence-corrected chi connectivity index (χ1v) is 8.63. The Kier molecular flexibility index (Phi) is 3.47. The largest absolute Gasteiger partial charge is 0.337 e. The van der Waals surface area contributed by atoms with E-state index in [1.165, 1.54) is 58.0 Å². The van der Waals surface area contributed by atoms with Gasteiger partial charge in [0, 0.05) is 31.2 Å². The maximum absolute atomic E-state index is 12.8. The van der Waals surface area contributed by atoms with E-state index in [9.17, 15) is 4.79 Å². The summed E-state index contributed by atoms with van der Waals surface area (Å²) in [6.07, 6.45) is 9.97. The lowest BCUT2D eigenvalue weighted by Crippen LogP contribution is -2.57. The Balaban J connectivity index is 1.45. The molecule has 20 heavy (non-hydrogen) atoms. The average Bonchev–Trinajstić information content (AvgIpc) is 3.18. The van der Waals surface area contributed by atoms with E-state index in [2.05, 4.69) is 15.1 Å². The summed E-state index contributed by atoms with van der Waals surface area (Å²) in [6.45, 7) is 3.46. The number of carbonyl (C=O) groups excluding carboxylic acids is 1. The summed E-state index contributed by atoms with van der Waals surface area (Å²) in [6, 6.07) is 1.92. The number of piperidine rings is 2. The third kappa shape index (κ3) is 2.37. The maximum atomic E-state index is 12.8. The summed E-state index contributed by atoms with van der Waals surface area (Å²) < 4.78 is 0. The minimum atomic E-state index is 0.119. The molecule has 0 spiro atoms. The first kappa shape index (κ1) is 13.1. The zero-order chi connectivity index (χ0) is 13.5. The number of likely N-dealkylation sites (tertiary alicyclic amines) is 1. The zero-order valence-corrected chi connectivity index (χ0v) is 12.4. The van der Waals surface area contributed by atoms with Gasteiger partial charge in [-0.1, -0.05) is 6.42 Å². The van der Waals surface area contributed by atoms with Crippen molar-refractivity contribution in [2.24, 2.45) is 0 Å². The van der Waals surface area contributed by atoms with Gasteiger partial charge in [0.25, 0.3) is 0 Å². The third-order valence-electron chi connectivity index (χ3n) is 5.71. The topological polar surface area (TPSA) is 35.6 Å². The highest BCUT2D eigenvalue weighted by Gasteiger charge is 2.43. The lowest BCUT2D eigenvalue weighted by molar-refractivity contribution is -0.139. The van der Waals surface area contributed by atoms with Crippen LogP contribution in [0.2, 0.25) is 0 Å². The molecule has 3 saturated heterocycles. The molecule has 4 nitrogen and oxygen atoms in total. The minimum absolute atomic E-state index is 0.119. The molecule has 112 valence electrons. The molecule has 3 atom stereocenters. The molecule has 3 heterocycles. The average molecular weight is 277 g/mol. The first-order valence-electron chi connectivity index (χ1n) is 8.63. The highest BCUT2D eigenvalue weighted by atomic mass is 16.2. The van der Waals surface area contributed by atoms with Gasteiger partial charge in [-0.2, -0.15) is 0 Å². The van der Waals surface area contributed by atoms with Crippen molar-refractivity contribution in [2.45, 2.75) is 75.5 Å². The van der Waals surface area contributed by atoms with Gasteiger partial charge in [0.1, 0.15) is 0 Å². The van der Waals surface area contributed by atoms with E-state index in [4.69, 9.17) is 0 Å². The quantitative estimate of drug-likeness (QED) is 0.846. The molecule has 4 heteroatoms. The summed E-state index contributed by atoms with van der Waals surface area (Å²) >= 11 is 0. The summed E-state index contributed by atoms with van der Waals surface area (Å²) in [5.74, 6) is 0.403. The van der Waals surface area contributed by atoms with Gasteiger partial charge in [0.15, 0.2) is 0 Å². The van der Waals surface area contributed by atoms with Crippen molar-refractivity contribution in [2.75, 3.05) is 19.6 Å². The van der Waals surface area contributed by atoms with Crippen LogP contribution >= 0.6 is 0 Å². The van der Waals surface area contributed by atoms with Crippen LogP contribution in [0.3, 0.4) is 0 Å². The first-order chi connectivity index (χ1) is 9.83. The van der Waals surface area contributed by atoms with E-state index < -0.39 is 0 Å². The highest BCUT2D eigenvalue weighted by Crippen LogP contribution is 2.32. The van der Waals surface area contributed by atoms with Crippen LogP contribution in [-0.4, -0.2) is 59.5 Å². The number of amides is 1. The molecule has 1 saturated carbocycles. The van der Waals surface area contributed by atoms with E-state index in [0.717, 1.165) is 13.0 Å². The van der Waals surface area contributed by atoms with Crippen LogP contribution in [-0.2, 0) is 4.79 Å². The van der Waals surface area contributed by atoms with Crippen LogP contribution in [0.15, 0.2) is 0 Å². The number of carbonyl (C=O) groups is 1. The Morgan fingerprint density at radius 2 is 1.75 bits per heavy atom. The molecule has 0 aromatic rings. The van der Waals surface area contributed by atoms with Crippen molar-refractivity contribution in [1.29, 1.82) is 0 Å². The van der Waals surface area contributed by atoms with E-state index in [1.54, 1.807) is 0 Å². The summed E-state index contributed by atoms with van der Waals surface area (Å²) in [4.78, 5) is 17.7. The van der Waals surface area contributed by atoms with Crippen molar-refractivity contribution in [3.63, 3.8) is 0 Å². The van der Waals surface area contributed by atoms with E-state index in [1.807, 2.05) is 0 Å². The molecule has 0 bridgehead atoms. The third-order valence-corrected chi connectivity index (χ3v) is 5.71. The fraction of sp³-hybridized carbons (Fsp3) is 0.938. The molecule has 0 aromatic carbocycles. The SMILES string of the molecule is O=C1C(NC2CC2)CCCN1C1CCN2CCCCC12. The smallest absolute Gasteiger partial charge is 0.240 e. The van der Waals surface area contributed by atoms with Gasteiger partial charge in [-0.3, -0.25) is 9.69 Å². The molecular formula is C16H27N3O. The van der Waals surface area contributed by atoms with Gasteiger partial charge in [0.2, 0.25) is 5.91 Å². The van der Waals surface area contributed by atoms with Crippen LogP contribution < -0.4 is 5.32 Å². The standard InChI is InChI=1S/C16H27N3O/c20-16-13(17-12-6-7-12)4-3-10-19(16)15-8-11-18-9-2-1-5-14(15)18/h12-15,17H,1-11H2. The van der Waals surface area contributed by atoms with Gasteiger partial charge >= 0.3 is 0 Å². The van der Waals surface area contributed by atoms with Gasteiger partial charge in [-0.25, -0.2) is 0 Å². The number of fused-ring (bicyclic) bond motifs is 1. The second kappa shape index (κ2) is 5.30. The Hall–Kier alpha value is -0.610. The molecule has 1 N–H and O–H groups in total. The number of nitrogens with zero attached hydrogens (tertiary/aromatic N) is 2. The fourth-order valence-electron chi connectivity index (χ4n) is 4.50. The van der Waals surface area contributed by atoms with Crippen molar-refractivity contribution in [3.05, 3.63) is 0 Å². The summed E-state index contributed by atoms with van der Waals surface area (Å²) in [7, 11) is 0. The van der Waals surface area contributed by atoms with E-state index in [-0.39, 0.29) is 6.04 Å². The molecular weight excluding hydrogens is 250 g/mol. The summed E-state index contributed by atoms with van der Waals surface area (Å²) in [5.41, 5.74) is 0. The van der Waals surface area contributed by atoms with E-state index >= 15 is 0 Å². The minimum Gasteiger partial charge on any atom is -0.337 e. The van der Waals surface area contributed by atoms with Gasteiger partial charge < -0.3 is 10.2 Å². The number of hydrogen-bond donors (Lipinski definition) is 1. The lowest BCUT2D eigenvalue weighted by Gasteiger charge is -2.41. The Labute approximate surface area is 121 Å². The number of nitrogens with one attached hydrogen (secondary N) is 1. The second-order valence-corrected chi connectivity index (χ2v) is 7.12. The molecule has 3 aliphatic heterocycles.